The van der Waals surface area contributed by atoms with Gasteiger partial charge in [-0.2, -0.15) is 0 Å². The molecule has 0 fully saturated rings. The summed E-state index contributed by atoms with van der Waals surface area (Å²) in [7, 11) is 0. The molecule has 0 spiro atoms. The van der Waals surface area contributed by atoms with Crippen molar-refractivity contribution in [3.05, 3.63) is 0 Å². The lowest BCUT2D eigenvalue weighted by Gasteiger charge is -2.04. The molecule has 0 aromatic carbocycles. The van der Waals surface area contributed by atoms with Crippen molar-refractivity contribution in [3.8, 4) is 0 Å². The maximum absolute atomic E-state index is 11.3. The summed E-state index contributed by atoms with van der Waals surface area (Å²) in [6.45, 7) is 1.99. The summed E-state index contributed by atoms with van der Waals surface area (Å²) in [6, 6.07) is -0.979. The molecule has 0 aromatic rings. The Balaban J connectivity index is 0. The lowest BCUT2D eigenvalue weighted by Crippen LogP contribution is -2.31. The highest BCUT2D eigenvalue weighted by Gasteiger charge is 2.11. The van der Waals surface area contributed by atoms with Crippen molar-refractivity contribution < 1.29 is 29.4 Å². The Morgan fingerprint density at radius 1 is 0.750 bits per heavy atom. The standard InChI is InChI=1S/C18H35NO3.C5H10N2O3/c1-2-3-4-5-6-7-8-9-10-11-12-13-14-15-17(20)19-16-18(21)22;6-3(5(9)10)1-2-4(7)8/h2-16H2,1H3,(H,19,20)(H,21,22);3H,1-2,6H2,(H2,7,8)(H,9,10)/t;3-/m.0/s1. The van der Waals surface area contributed by atoms with Crippen LogP contribution in [0.25, 0.3) is 0 Å². The van der Waals surface area contributed by atoms with Crippen molar-refractivity contribution in [1.29, 1.82) is 0 Å². The van der Waals surface area contributed by atoms with Gasteiger partial charge in [-0.15, -0.1) is 0 Å². The Kier molecular flexibility index (Phi) is 23.5. The van der Waals surface area contributed by atoms with E-state index in [2.05, 4.69) is 12.2 Å². The third kappa shape index (κ3) is 27.8. The number of carboxylic acid groups (broad SMARTS) is 2. The van der Waals surface area contributed by atoms with Crippen LogP contribution in [0.2, 0.25) is 0 Å². The maximum atomic E-state index is 11.3. The van der Waals surface area contributed by atoms with Gasteiger partial charge in [-0.1, -0.05) is 84.0 Å². The van der Waals surface area contributed by atoms with Crippen LogP contribution >= 0.6 is 0 Å². The van der Waals surface area contributed by atoms with Crippen LogP contribution in [0.15, 0.2) is 0 Å². The second-order valence-corrected chi connectivity index (χ2v) is 8.11. The highest BCUT2D eigenvalue weighted by atomic mass is 16.4. The average molecular weight is 460 g/mol. The number of rotatable bonds is 20. The first-order valence-electron chi connectivity index (χ1n) is 12.0. The maximum Gasteiger partial charge on any atom is 0.322 e. The number of aliphatic carboxylic acids is 2. The molecule has 0 heterocycles. The molecule has 0 aliphatic rings. The predicted octanol–water partition coefficient (Wildman–Crippen LogP) is 3.33. The zero-order valence-electron chi connectivity index (χ0n) is 19.8. The fraction of sp³-hybridized carbons (Fsp3) is 0.826. The van der Waals surface area contributed by atoms with Gasteiger partial charge in [0.05, 0.1) is 0 Å². The van der Waals surface area contributed by atoms with Crippen molar-refractivity contribution in [2.75, 3.05) is 6.54 Å². The third-order valence-electron chi connectivity index (χ3n) is 4.96. The van der Waals surface area contributed by atoms with Crippen LogP contribution in [0, 0.1) is 0 Å². The number of hydrogen-bond donors (Lipinski definition) is 5. The molecule has 2 amide bonds. The average Bonchev–Trinajstić information content (AvgIpc) is 2.74. The van der Waals surface area contributed by atoms with Crippen molar-refractivity contribution in [2.24, 2.45) is 11.5 Å². The summed E-state index contributed by atoms with van der Waals surface area (Å²) in [4.78, 5) is 41.7. The van der Waals surface area contributed by atoms with Crippen LogP contribution in [-0.2, 0) is 19.2 Å². The number of hydrogen-bond acceptors (Lipinski definition) is 5. The fourth-order valence-electron chi connectivity index (χ4n) is 2.99. The number of amides is 2. The monoisotopic (exact) mass is 459 g/mol. The van der Waals surface area contributed by atoms with E-state index < -0.39 is 23.9 Å². The largest absolute Gasteiger partial charge is 0.480 e. The van der Waals surface area contributed by atoms with E-state index >= 15 is 0 Å². The highest BCUT2D eigenvalue weighted by Crippen LogP contribution is 2.12. The molecule has 0 aromatic heterocycles. The Bertz CT molecular complexity index is 514. The van der Waals surface area contributed by atoms with Crippen LogP contribution in [0.3, 0.4) is 0 Å². The van der Waals surface area contributed by atoms with Crippen LogP contribution < -0.4 is 16.8 Å². The Morgan fingerprint density at radius 2 is 1.19 bits per heavy atom. The summed E-state index contributed by atoms with van der Waals surface area (Å²) in [5.74, 6) is -2.78. The first-order valence-corrected chi connectivity index (χ1v) is 12.0. The van der Waals surface area contributed by atoms with Gasteiger partial charge in [0.1, 0.15) is 12.6 Å². The van der Waals surface area contributed by atoms with E-state index in [4.69, 9.17) is 21.7 Å². The van der Waals surface area contributed by atoms with Gasteiger partial charge < -0.3 is 27.0 Å². The van der Waals surface area contributed by atoms with E-state index in [1.54, 1.807) is 0 Å². The SMILES string of the molecule is CCCCCCCCCCCCCCCC(=O)NCC(=O)O.NC(=O)CC[C@H](N)C(=O)O. The molecule has 188 valence electrons. The minimum atomic E-state index is -1.11. The lowest BCUT2D eigenvalue weighted by atomic mass is 10.0. The summed E-state index contributed by atoms with van der Waals surface area (Å²) in [5.41, 5.74) is 9.81. The molecule has 9 heteroatoms. The summed E-state index contributed by atoms with van der Waals surface area (Å²) in [5, 5.41) is 19.0. The number of carbonyl (C=O) groups is 4. The fourth-order valence-corrected chi connectivity index (χ4v) is 2.99. The number of nitrogens with two attached hydrogens (primary N) is 2. The molecule has 0 aliphatic carbocycles. The van der Waals surface area contributed by atoms with Gasteiger partial charge in [0.15, 0.2) is 0 Å². The molecule has 0 saturated carbocycles. The number of carboxylic acids is 2. The molecular formula is C23H45N3O6. The topological polar surface area (TPSA) is 173 Å². The molecular weight excluding hydrogens is 414 g/mol. The Hall–Kier alpha value is -2.16. The van der Waals surface area contributed by atoms with E-state index in [-0.39, 0.29) is 25.3 Å². The zero-order valence-corrected chi connectivity index (χ0v) is 19.8. The van der Waals surface area contributed by atoms with Gasteiger partial charge >= 0.3 is 11.9 Å². The number of unbranched alkanes of at least 4 members (excludes halogenated alkanes) is 12. The summed E-state index contributed by atoms with van der Waals surface area (Å²) in [6.07, 6.45) is 17.2. The van der Waals surface area contributed by atoms with Gasteiger partial charge in [-0.3, -0.25) is 19.2 Å². The van der Waals surface area contributed by atoms with Gasteiger partial charge in [0, 0.05) is 12.8 Å². The van der Waals surface area contributed by atoms with E-state index in [1.165, 1.54) is 70.6 Å². The summed E-state index contributed by atoms with van der Waals surface area (Å²) < 4.78 is 0. The first-order chi connectivity index (χ1) is 15.2. The minimum Gasteiger partial charge on any atom is -0.480 e. The predicted molar refractivity (Wildman–Crippen MR) is 125 cm³/mol. The van der Waals surface area contributed by atoms with Crippen molar-refractivity contribution in [1.82, 2.24) is 5.32 Å². The molecule has 0 aliphatic heterocycles. The molecule has 1 atom stereocenters. The molecule has 7 N–H and O–H groups in total. The molecule has 0 radical (unpaired) electrons. The van der Waals surface area contributed by atoms with Gasteiger partial charge in [-0.25, -0.2) is 0 Å². The van der Waals surface area contributed by atoms with E-state index in [1.807, 2.05) is 0 Å². The van der Waals surface area contributed by atoms with E-state index in [0.29, 0.717) is 6.42 Å². The quantitative estimate of drug-likeness (QED) is 0.174. The molecule has 9 nitrogen and oxygen atoms in total. The second kappa shape index (κ2) is 23.5. The molecule has 0 bridgehead atoms. The van der Waals surface area contributed by atoms with Gasteiger partial charge in [0.2, 0.25) is 11.8 Å². The van der Waals surface area contributed by atoms with Crippen LogP contribution in [0.1, 0.15) is 110 Å². The third-order valence-corrected chi connectivity index (χ3v) is 4.96. The van der Waals surface area contributed by atoms with Crippen molar-refractivity contribution >= 4 is 23.8 Å². The summed E-state index contributed by atoms with van der Waals surface area (Å²) >= 11 is 0. The van der Waals surface area contributed by atoms with Gasteiger partial charge in [-0.05, 0) is 12.8 Å². The smallest absolute Gasteiger partial charge is 0.322 e. The Morgan fingerprint density at radius 3 is 1.56 bits per heavy atom. The van der Waals surface area contributed by atoms with Crippen LogP contribution in [0.4, 0.5) is 0 Å². The van der Waals surface area contributed by atoms with Gasteiger partial charge in [0.25, 0.3) is 0 Å². The molecule has 0 saturated heterocycles. The van der Waals surface area contributed by atoms with Crippen molar-refractivity contribution in [2.45, 2.75) is 116 Å². The molecule has 0 unspecified atom stereocenters. The van der Waals surface area contributed by atoms with E-state index in [9.17, 15) is 19.2 Å². The number of primary amides is 1. The Labute approximate surface area is 192 Å². The van der Waals surface area contributed by atoms with Crippen LogP contribution in [-0.4, -0.2) is 46.6 Å². The molecule has 0 rings (SSSR count). The zero-order chi connectivity index (χ0) is 24.6. The van der Waals surface area contributed by atoms with Crippen LogP contribution in [0.5, 0.6) is 0 Å². The molecule has 32 heavy (non-hydrogen) atoms. The van der Waals surface area contributed by atoms with Crippen molar-refractivity contribution in [3.63, 3.8) is 0 Å². The normalized spacial score (nSPS) is 11.2. The minimum absolute atomic E-state index is 0.0213. The second-order valence-electron chi connectivity index (χ2n) is 8.11. The lowest BCUT2D eigenvalue weighted by molar-refractivity contribution is -0.139. The highest BCUT2D eigenvalue weighted by molar-refractivity contribution is 5.81. The number of carbonyl (C=O) groups excluding carboxylic acids is 2. The van der Waals surface area contributed by atoms with E-state index in [0.717, 1.165) is 12.8 Å². The number of nitrogens with one attached hydrogen (secondary N) is 1. The first kappa shape index (κ1) is 32.0.